The number of para-hydroxylation sites is 1. The number of amides is 1. The highest BCUT2D eigenvalue weighted by atomic mass is 32.2. The highest BCUT2D eigenvalue weighted by Gasteiger charge is 2.08. The van der Waals surface area contributed by atoms with Crippen molar-refractivity contribution in [1.82, 2.24) is 15.5 Å². The summed E-state index contributed by atoms with van der Waals surface area (Å²) in [6, 6.07) is 7.98. The van der Waals surface area contributed by atoms with Crippen molar-refractivity contribution < 1.29 is 9.53 Å². The zero-order valence-electron chi connectivity index (χ0n) is 13.8. The van der Waals surface area contributed by atoms with Gasteiger partial charge in [-0.3, -0.25) is 4.79 Å². The first-order valence-corrected chi connectivity index (χ1v) is 10.5. The SMILES string of the molecule is CCCNC(=O)CSc1nnc(SCCOc2ccccc2C)s1. The van der Waals surface area contributed by atoms with Gasteiger partial charge in [0.1, 0.15) is 5.75 Å². The summed E-state index contributed by atoms with van der Waals surface area (Å²) in [5.74, 6) is 2.16. The number of thioether (sulfide) groups is 2. The van der Waals surface area contributed by atoms with E-state index in [9.17, 15) is 4.79 Å². The summed E-state index contributed by atoms with van der Waals surface area (Å²) in [7, 11) is 0. The lowest BCUT2D eigenvalue weighted by molar-refractivity contribution is -0.118. The van der Waals surface area contributed by atoms with Crippen LogP contribution in [-0.4, -0.2) is 40.8 Å². The fourth-order valence-corrected chi connectivity index (χ4v) is 4.49. The summed E-state index contributed by atoms with van der Waals surface area (Å²) < 4.78 is 7.49. The second kappa shape index (κ2) is 10.6. The van der Waals surface area contributed by atoms with Gasteiger partial charge in [0.25, 0.3) is 0 Å². The number of carbonyl (C=O) groups excluding carboxylic acids is 1. The van der Waals surface area contributed by atoms with Gasteiger partial charge in [-0.1, -0.05) is 60.0 Å². The highest BCUT2D eigenvalue weighted by molar-refractivity contribution is 8.03. The molecule has 5 nitrogen and oxygen atoms in total. The van der Waals surface area contributed by atoms with Gasteiger partial charge in [0.15, 0.2) is 8.68 Å². The number of hydrogen-bond acceptors (Lipinski definition) is 7. The number of carbonyl (C=O) groups is 1. The van der Waals surface area contributed by atoms with Crippen LogP contribution in [-0.2, 0) is 4.79 Å². The van der Waals surface area contributed by atoms with Crippen molar-refractivity contribution in [1.29, 1.82) is 0 Å². The molecular weight excluding hydrogens is 362 g/mol. The van der Waals surface area contributed by atoms with Crippen molar-refractivity contribution in [2.75, 3.05) is 24.7 Å². The van der Waals surface area contributed by atoms with E-state index < -0.39 is 0 Å². The number of benzene rings is 1. The van der Waals surface area contributed by atoms with E-state index >= 15 is 0 Å². The molecule has 1 aromatic heterocycles. The van der Waals surface area contributed by atoms with Gasteiger partial charge in [-0.2, -0.15) is 0 Å². The molecule has 0 aliphatic heterocycles. The van der Waals surface area contributed by atoms with Gasteiger partial charge < -0.3 is 10.1 Å². The predicted molar refractivity (Wildman–Crippen MR) is 101 cm³/mol. The van der Waals surface area contributed by atoms with Crippen molar-refractivity contribution in [3.05, 3.63) is 29.8 Å². The molecule has 0 aliphatic carbocycles. The molecule has 8 heteroatoms. The van der Waals surface area contributed by atoms with Crippen molar-refractivity contribution in [3.63, 3.8) is 0 Å². The Kier molecular flexibility index (Phi) is 8.41. The van der Waals surface area contributed by atoms with Crippen LogP contribution >= 0.6 is 34.9 Å². The number of nitrogens with one attached hydrogen (secondary N) is 1. The normalized spacial score (nSPS) is 10.6. The number of hydrogen-bond donors (Lipinski definition) is 1. The topological polar surface area (TPSA) is 64.1 Å². The Hall–Kier alpha value is -1.25. The maximum Gasteiger partial charge on any atom is 0.230 e. The minimum atomic E-state index is 0.0397. The smallest absolute Gasteiger partial charge is 0.230 e. The van der Waals surface area contributed by atoms with E-state index in [1.165, 1.54) is 23.1 Å². The first-order chi connectivity index (χ1) is 11.7. The molecule has 24 heavy (non-hydrogen) atoms. The molecule has 1 N–H and O–H groups in total. The predicted octanol–water partition coefficient (Wildman–Crippen LogP) is 3.64. The lowest BCUT2D eigenvalue weighted by atomic mass is 10.2. The minimum absolute atomic E-state index is 0.0397. The van der Waals surface area contributed by atoms with E-state index in [0.717, 1.165) is 38.7 Å². The van der Waals surface area contributed by atoms with Crippen LogP contribution in [0.1, 0.15) is 18.9 Å². The molecule has 0 unspecified atom stereocenters. The molecular formula is C16H21N3O2S3. The Bertz CT molecular complexity index is 649. The molecule has 1 aromatic carbocycles. The van der Waals surface area contributed by atoms with Gasteiger partial charge in [-0.05, 0) is 25.0 Å². The highest BCUT2D eigenvalue weighted by Crippen LogP contribution is 2.28. The monoisotopic (exact) mass is 383 g/mol. The number of rotatable bonds is 10. The molecule has 1 heterocycles. The zero-order chi connectivity index (χ0) is 17.2. The van der Waals surface area contributed by atoms with Crippen LogP contribution in [0.15, 0.2) is 32.9 Å². The molecule has 0 spiro atoms. The van der Waals surface area contributed by atoms with Gasteiger partial charge in [-0.25, -0.2) is 0 Å². The Labute approximate surface area is 155 Å². The maximum atomic E-state index is 11.6. The van der Waals surface area contributed by atoms with E-state index in [1.807, 2.05) is 38.1 Å². The molecule has 0 aliphatic rings. The third-order valence-electron chi connectivity index (χ3n) is 2.95. The summed E-state index contributed by atoms with van der Waals surface area (Å²) in [6.07, 6.45) is 0.945. The lowest BCUT2D eigenvalue weighted by Gasteiger charge is -2.07. The third kappa shape index (κ3) is 6.70. The van der Waals surface area contributed by atoms with Gasteiger partial charge in [-0.15, -0.1) is 10.2 Å². The average Bonchev–Trinajstić information content (AvgIpc) is 3.04. The van der Waals surface area contributed by atoms with Crippen molar-refractivity contribution in [2.24, 2.45) is 0 Å². The van der Waals surface area contributed by atoms with E-state index in [-0.39, 0.29) is 5.91 Å². The Morgan fingerprint density at radius 1 is 1.25 bits per heavy atom. The fraction of sp³-hybridized carbons (Fsp3) is 0.438. The summed E-state index contributed by atoms with van der Waals surface area (Å²) in [6.45, 7) is 5.41. The summed E-state index contributed by atoms with van der Waals surface area (Å²) >= 11 is 4.56. The summed E-state index contributed by atoms with van der Waals surface area (Å²) in [5.41, 5.74) is 1.14. The van der Waals surface area contributed by atoms with Crippen LogP contribution < -0.4 is 10.1 Å². The molecule has 0 atom stereocenters. The molecule has 0 bridgehead atoms. The Morgan fingerprint density at radius 2 is 2.00 bits per heavy atom. The number of nitrogens with zero attached hydrogens (tertiary/aromatic N) is 2. The quantitative estimate of drug-likeness (QED) is 0.499. The molecule has 0 radical (unpaired) electrons. The zero-order valence-corrected chi connectivity index (χ0v) is 16.2. The van der Waals surface area contributed by atoms with Crippen LogP contribution in [0, 0.1) is 6.92 Å². The lowest BCUT2D eigenvalue weighted by Crippen LogP contribution is -2.25. The van der Waals surface area contributed by atoms with Crippen molar-refractivity contribution in [3.8, 4) is 5.75 Å². The Balaban J connectivity index is 1.66. The maximum absolute atomic E-state index is 11.6. The summed E-state index contributed by atoms with van der Waals surface area (Å²) in [4.78, 5) is 11.6. The molecule has 0 fully saturated rings. The van der Waals surface area contributed by atoms with Gasteiger partial charge >= 0.3 is 0 Å². The number of aromatic nitrogens is 2. The molecule has 2 rings (SSSR count). The number of ether oxygens (including phenoxy) is 1. The van der Waals surface area contributed by atoms with E-state index in [4.69, 9.17) is 4.74 Å². The summed E-state index contributed by atoms with van der Waals surface area (Å²) in [5, 5.41) is 11.1. The minimum Gasteiger partial charge on any atom is -0.492 e. The second-order valence-corrected chi connectivity index (χ2v) is 8.48. The molecule has 130 valence electrons. The largest absolute Gasteiger partial charge is 0.492 e. The van der Waals surface area contributed by atoms with Crippen LogP contribution in [0.5, 0.6) is 5.75 Å². The van der Waals surface area contributed by atoms with Crippen molar-refractivity contribution in [2.45, 2.75) is 28.9 Å². The molecule has 1 amide bonds. The second-order valence-electron chi connectivity index (χ2n) is 4.93. The standard InChI is InChI=1S/C16H21N3O2S3/c1-3-8-17-14(20)11-23-16-19-18-15(24-16)22-10-9-21-13-7-5-4-6-12(13)2/h4-7H,3,8-11H2,1-2H3,(H,17,20). The third-order valence-corrected chi connectivity index (χ3v) is 6.10. The van der Waals surface area contributed by atoms with E-state index in [2.05, 4.69) is 15.5 Å². The molecule has 2 aromatic rings. The van der Waals surface area contributed by atoms with Gasteiger partial charge in [0.2, 0.25) is 5.91 Å². The van der Waals surface area contributed by atoms with Crippen LogP contribution in [0.4, 0.5) is 0 Å². The fourth-order valence-electron chi connectivity index (χ4n) is 1.76. The Morgan fingerprint density at radius 3 is 2.75 bits per heavy atom. The number of aryl methyl sites for hydroxylation is 1. The first kappa shape index (κ1) is 19.1. The van der Waals surface area contributed by atoms with Crippen molar-refractivity contribution >= 4 is 40.8 Å². The van der Waals surface area contributed by atoms with Gasteiger partial charge in [0, 0.05) is 12.3 Å². The molecule has 0 saturated heterocycles. The average molecular weight is 384 g/mol. The molecule has 0 saturated carbocycles. The van der Waals surface area contributed by atoms with E-state index in [1.54, 1.807) is 11.8 Å². The van der Waals surface area contributed by atoms with Crippen LogP contribution in [0.25, 0.3) is 0 Å². The van der Waals surface area contributed by atoms with E-state index in [0.29, 0.717) is 12.4 Å². The van der Waals surface area contributed by atoms with Gasteiger partial charge in [0.05, 0.1) is 12.4 Å². The van der Waals surface area contributed by atoms with Crippen LogP contribution in [0.2, 0.25) is 0 Å². The van der Waals surface area contributed by atoms with Crippen LogP contribution in [0.3, 0.4) is 0 Å². The first-order valence-electron chi connectivity index (χ1n) is 7.73.